The number of fused-ring (bicyclic) bond motifs is 1. The molecule has 36 heavy (non-hydrogen) atoms. The predicted octanol–water partition coefficient (Wildman–Crippen LogP) is 4.44. The normalized spacial score (nSPS) is 15.6. The van der Waals surface area contributed by atoms with Crippen LogP contribution in [0.3, 0.4) is 0 Å². The number of rotatable bonds is 9. The second-order valence-electron chi connectivity index (χ2n) is 8.85. The summed E-state index contributed by atoms with van der Waals surface area (Å²) in [6.45, 7) is 3.52. The summed E-state index contributed by atoms with van der Waals surface area (Å²) in [6, 6.07) is 11.9. The molecule has 0 saturated heterocycles. The van der Waals surface area contributed by atoms with Crippen molar-refractivity contribution in [1.29, 1.82) is 0 Å². The van der Waals surface area contributed by atoms with Gasteiger partial charge in [0.2, 0.25) is 10.0 Å². The molecule has 1 saturated carbocycles. The molecular formula is C26H33N3O5S2. The van der Waals surface area contributed by atoms with Crippen LogP contribution in [0.25, 0.3) is 10.2 Å². The van der Waals surface area contributed by atoms with Gasteiger partial charge in [0.05, 0.1) is 28.3 Å². The van der Waals surface area contributed by atoms with Gasteiger partial charge in [-0.1, -0.05) is 30.6 Å². The maximum atomic E-state index is 13.1. The molecule has 0 aliphatic heterocycles. The molecule has 194 valence electrons. The van der Waals surface area contributed by atoms with Crippen molar-refractivity contribution in [2.45, 2.75) is 56.5 Å². The highest BCUT2D eigenvalue weighted by molar-refractivity contribution is 7.89. The first-order chi connectivity index (χ1) is 17.3. The number of amides is 1. The van der Waals surface area contributed by atoms with Gasteiger partial charge in [0.1, 0.15) is 5.75 Å². The van der Waals surface area contributed by atoms with E-state index in [4.69, 9.17) is 9.47 Å². The van der Waals surface area contributed by atoms with Crippen LogP contribution in [0.2, 0.25) is 0 Å². The van der Waals surface area contributed by atoms with Crippen LogP contribution in [0.1, 0.15) is 49.4 Å². The highest BCUT2D eigenvalue weighted by atomic mass is 32.2. The fraction of sp³-hybridized carbons (Fsp3) is 0.462. The van der Waals surface area contributed by atoms with Crippen molar-refractivity contribution in [2.75, 3.05) is 27.4 Å². The Morgan fingerprint density at radius 1 is 1.14 bits per heavy atom. The average Bonchev–Trinajstić information content (AvgIpc) is 3.23. The van der Waals surface area contributed by atoms with E-state index in [1.807, 2.05) is 29.7 Å². The lowest BCUT2D eigenvalue weighted by Gasteiger charge is -2.30. The van der Waals surface area contributed by atoms with Crippen molar-refractivity contribution in [1.82, 2.24) is 8.87 Å². The molecule has 0 bridgehead atoms. The molecule has 4 rings (SSSR count). The molecule has 1 amide bonds. The molecule has 0 atom stereocenters. The van der Waals surface area contributed by atoms with Crippen LogP contribution in [0.15, 0.2) is 52.4 Å². The molecule has 0 N–H and O–H groups in total. The van der Waals surface area contributed by atoms with Crippen molar-refractivity contribution in [3.63, 3.8) is 0 Å². The van der Waals surface area contributed by atoms with Gasteiger partial charge >= 0.3 is 0 Å². The zero-order chi connectivity index (χ0) is 25.7. The van der Waals surface area contributed by atoms with E-state index >= 15 is 0 Å². The lowest BCUT2D eigenvalue weighted by Crippen LogP contribution is -2.38. The summed E-state index contributed by atoms with van der Waals surface area (Å²) in [5, 5.41) is 0. The first-order valence-electron chi connectivity index (χ1n) is 12.3. The van der Waals surface area contributed by atoms with E-state index in [1.54, 1.807) is 14.2 Å². The fourth-order valence-corrected chi connectivity index (χ4v) is 7.02. The smallest absolute Gasteiger partial charge is 0.279 e. The van der Waals surface area contributed by atoms with Crippen LogP contribution in [-0.4, -0.2) is 56.6 Å². The summed E-state index contributed by atoms with van der Waals surface area (Å²) in [4.78, 5) is 18.2. The summed E-state index contributed by atoms with van der Waals surface area (Å²) in [5.74, 6) is 0.334. The Hall–Kier alpha value is -2.53. The number of carbonyl (C=O) groups is 1. The Balaban J connectivity index is 1.61. The number of benzene rings is 2. The number of hydrogen-bond acceptors (Lipinski definition) is 6. The van der Waals surface area contributed by atoms with Gasteiger partial charge in [0.25, 0.3) is 5.91 Å². The molecule has 0 spiro atoms. The summed E-state index contributed by atoms with van der Waals surface area (Å²) in [5.41, 5.74) is 1.28. The number of thiazole rings is 1. The number of sulfonamides is 1. The van der Waals surface area contributed by atoms with Gasteiger partial charge in [0, 0.05) is 32.3 Å². The Bertz CT molecular complexity index is 1370. The zero-order valence-corrected chi connectivity index (χ0v) is 22.6. The summed E-state index contributed by atoms with van der Waals surface area (Å²) in [7, 11) is -0.339. The molecule has 8 nitrogen and oxygen atoms in total. The molecule has 1 heterocycles. The standard InChI is InChI=1S/C26H33N3O5S2/c1-4-34-21-12-15-23-24(18-21)35-26(29(23)16-17-33-3)27-25(30)19-10-13-22(14-11-19)36(31,32)28(2)20-8-6-5-7-9-20/h10-15,18,20H,4-9,16-17H2,1-3H3. The highest BCUT2D eigenvalue weighted by Crippen LogP contribution is 2.27. The van der Waals surface area contributed by atoms with Crippen LogP contribution in [0.4, 0.5) is 0 Å². The molecular weight excluding hydrogens is 498 g/mol. The number of carbonyl (C=O) groups excluding carboxylic acids is 1. The monoisotopic (exact) mass is 531 g/mol. The van der Waals surface area contributed by atoms with Crippen LogP contribution >= 0.6 is 11.3 Å². The first kappa shape index (κ1) is 26.5. The summed E-state index contributed by atoms with van der Waals surface area (Å²) in [6.07, 6.45) is 5.03. The Morgan fingerprint density at radius 3 is 2.53 bits per heavy atom. The van der Waals surface area contributed by atoms with Gasteiger partial charge in [-0.25, -0.2) is 8.42 Å². The van der Waals surface area contributed by atoms with Crippen molar-refractivity contribution in [3.05, 3.63) is 52.8 Å². The lowest BCUT2D eigenvalue weighted by molar-refractivity contribution is 0.0997. The van der Waals surface area contributed by atoms with Crippen LogP contribution in [0, 0.1) is 0 Å². The lowest BCUT2D eigenvalue weighted by atomic mass is 9.96. The van der Waals surface area contributed by atoms with Crippen molar-refractivity contribution in [2.24, 2.45) is 4.99 Å². The number of nitrogens with zero attached hydrogens (tertiary/aromatic N) is 3. The fourth-order valence-electron chi connectivity index (χ4n) is 4.52. The van der Waals surface area contributed by atoms with Gasteiger partial charge in [-0.2, -0.15) is 9.30 Å². The topological polar surface area (TPSA) is 90.2 Å². The summed E-state index contributed by atoms with van der Waals surface area (Å²) < 4.78 is 41.5. The van der Waals surface area contributed by atoms with Gasteiger partial charge < -0.3 is 14.0 Å². The Morgan fingerprint density at radius 2 is 1.86 bits per heavy atom. The minimum Gasteiger partial charge on any atom is -0.494 e. The van der Waals surface area contributed by atoms with E-state index in [2.05, 4.69) is 4.99 Å². The average molecular weight is 532 g/mol. The van der Waals surface area contributed by atoms with E-state index in [1.165, 1.54) is 39.9 Å². The molecule has 0 unspecified atom stereocenters. The van der Waals surface area contributed by atoms with Gasteiger partial charge in [0.15, 0.2) is 4.80 Å². The summed E-state index contributed by atoms with van der Waals surface area (Å²) >= 11 is 1.40. The quantitative estimate of drug-likeness (QED) is 0.407. The van der Waals surface area contributed by atoms with Crippen LogP contribution < -0.4 is 9.54 Å². The van der Waals surface area contributed by atoms with E-state index in [0.29, 0.717) is 30.1 Å². The molecule has 3 aromatic rings. The van der Waals surface area contributed by atoms with E-state index in [-0.39, 0.29) is 10.9 Å². The van der Waals surface area contributed by atoms with Gasteiger partial charge in [-0.15, -0.1) is 0 Å². The minimum atomic E-state index is -3.62. The zero-order valence-electron chi connectivity index (χ0n) is 21.0. The van der Waals surface area contributed by atoms with Crippen molar-refractivity contribution >= 4 is 37.5 Å². The first-order valence-corrected chi connectivity index (χ1v) is 14.5. The Kier molecular flexibility index (Phi) is 8.61. The number of ether oxygens (including phenoxy) is 2. The predicted molar refractivity (Wildman–Crippen MR) is 141 cm³/mol. The largest absolute Gasteiger partial charge is 0.494 e. The van der Waals surface area contributed by atoms with E-state index in [9.17, 15) is 13.2 Å². The number of hydrogen-bond donors (Lipinski definition) is 0. The Labute approximate surface area is 216 Å². The second-order valence-corrected chi connectivity index (χ2v) is 11.9. The van der Waals surface area contributed by atoms with Crippen LogP contribution in [0.5, 0.6) is 5.75 Å². The molecule has 2 aromatic carbocycles. The molecule has 1 aliphatic rings. The SMILES string of the molecule is CCOc1ccc2c(c1)sc(=NC(=O)c1ccc(S(=O)(=O)N(C)C3CCCCC3)cc1)n2CCOC. The molecule has 0 radical (unpaired) electrons. The van der Waals surface area contributed by atoms with Crippen molar-refractivity contribution < 1.29 is 22.7 Å². The molecule has 1 aliphatic carbocycles. The van der Waals surface area contributed by atoms with Crippen molar-refractivity contribution in [3.8, 4) is 5.75 Å². The second kappa shape index (κ2) is 11.7. The molecule has 10 heteroatoms. The van der Waals surface area contributed by atoms with E-state index in [0.717, 1.165) is 48.1 Å². The third-order valence-corrected chi connectivity index (χ3v) is 9.51. The minimum absolute atomic E-state index is 0.0267. The van der Waals surface area contributed by atoms with Gasteiger partial charge in [-0.05, 0) is 62.2 Å². The number of methoxy groups -OCH3 is 1. The van der Waals surface area contributed by atoms with Crippen LogP contribution in [-0.2, 0) is 21.3 Å². The molecule has 1 fully saturated rings. The third-order valence-electron chi connectivity index (χ3n) is 6.55. The molecule has 1 aromatic heterocycles. The van der Waals surface area contributed by atoms with Gasteiger partial charge in [-0.3, -0.25) is 4.79 Å². The third kappa shape index (κ3) is 5.72. The number of aromatic nitrogens is 1. The maximum Gasteiger partial charge on any atom is 0.279 e. The maximum absolute atomic E-state index is 13.1. The highest BCUT2D eigenvalue weighted by Gasteiger charge is 2.29. The van der Waals surface area contributed by atoms with E-state index < -0.39 is 15.9 Å².